The molecule has 2 amide bonds. The minimum absolute atomic E-state index is 0.425. The number of halogens is 1. The van der Waals surface area contributed by atoms with Crippen LogP contribution in [-0.2, 0) is 4.79 Å². The number of carbonyl (C=O) groups is 2. The Morgan fingerprint density at radius 1 is 1.00 bits per heavy atom. The monoisotopic (exact) mass is 285 g/mol. The fourth-order valence-electron chi connectivity index (χ4n) is 1.60. The number of nitrogens with one attached hydrogen (secondary N) is 1. The first-order valence-electron chi connectivity index (χ1n) is 5.99. The maximum absolute atomic E-state index is 11.7. The molecule has 2 rings (SSSR count). The normalized spacial score (nSPS) is 10.4. The second kappa shape index (κ2) is 6.68. The van der Waals surface area contributed by atoms with Gasteiger partial charge in [-0.1, -0.05) is 41.9 Å². The maximum atomic E-state index is 11.7. The number of hydrogen-bond donors (Lipinski definition) is 1. The van der Waals surface area contributed by atoms with E-state index in [0.717, 1.165) is 5.56 Å². The second-order valence-electron chi connectivity index (χ2n) is 4.07. The van der Waals surface area contributed by atoms with Crippen molar-refractivity contribution in [3.05, 3.63) is 76.8 Å². The van der Waals surface area contributed by atoms with Gasteiger partial charge in [-0.2, -0.15) is 0 Å². The Morgan fingerprint density at radius 2 is 1.75 bits per heavy atom. The molecule has 100 valence electrons. The van der Waals surface area contributed by atoms with Crippen LogP contribution in [0, 0.1) is 0 Å². The molecule has 1 N–H and O–H groups in total. The quantitative estimate of drug-likeness (QED) is 0.880. The Hall–Kier alpha value is -2.39. The standard InChI is InChI=1S/C16H12ClNO2/c17-14-8-4-5-12(11-14)9-10-15(19)18-16(20)13-6-2-1-3-7-13/h1-11H,(H,18,19,20)/b10-9+. The molecule has 0 heterocycles. The lowest BCUT2D eigenvalue weighted by Gasteiger charge is -2.00. The summed E-state index contributed by atoms with van der Waals surface area (Å²) in [4.78, 5) is 23.4. The zero-order chi connectivity index (χ0) is 14.4. The molecule has 0 spiro atoms. The zero-order valence-electron chi connectivity index (χ0n) is 10.5. The van der Waals surface area contributed by atoms with Crippen molar-refractivity contribution in [2.75, 3.05) is 0 Å². The molecule has 0 saturated carbocycles. The van der Waals surface area contributed by atoms with Crippen molar-refractivity contribution < 1.29 is 9.59 Å². The molecule has 0 fully saturated rings. The van der Waals surface area contributed by atoms with Crippen LogP contribution in [0.5, 0.6) is 0 Å². The van der Waals surface area contributed by atoms with E-state index in [1.807, 2.05) is 6.07 Å². The Balaban J connectivity index is 1.98. The van der Waals surface area contributed by atoms with Crippen LogP contribution in [0.2, 0.25) is 5.02 Å². The molecular formula is C16H12ClNO2. The smallest absolute Gasteiger partial charge is 0.258 e. The van der Waals surface area contributed by atoms with Crippen LogP contribution in [0.4, 0.5) is 0 Å². The van der Waals surface area contributed by atoms with Crippen LogP contribution in [0.15, 0.2) is 60.7 Å². The summed E-state index contributed by atoms with van der Waals surface area (Å²) in [7, 11) is 0. The summed E-state index contributed by atoms with van der Waals surface area (Å²) in [5.74, 6) is -0.898. The van der Waals surface area contributed by atoms with Crippen molar-refractivity contribution in [2.24, 2.45) is 0 Å². The number of rotatable bonds is 3. The van der Waals surface area contributed by atoms with E-state index in [1.165, 1.54) is 6.08 Å². The van der Waals surface area contributed by atoms with Crippen LogP contribution in [0.25, 0.3) is 6.08 Å². The summed E-state index contributed by atoms with van der Waals surface area (Å²) < 4.78 is 0. The van der Waals surface area contributed by atoms with Gasteiger partial charge >= 0.3 is 0 Å². The van der Waals surface area contributed by atoms with Crippen molar-refractivity contribution in [1.82, 2.24) is 5.32 Å². The lowest BCUT2D eigenvalue weighted by Crippen LogP contribution is -2.28. The van der Waals surface area contributed by atoms with Gasteiger partial charge in [0, 0.05) is 16.7 Å². The first kappa shape index (κ1) is 14.0. The third kappa shape index (κ3) is 4.07. The van der Waals surface area contributed by atoms with Crippen molar-refractivity contribution >= 4 is 29.5 Å². The van der Waals surface area contributed by atoms with Gasteiger partial charge in [-0.15, -0.1) is 0 Å². The third-order valence-corrected chi connectivity index (χ3v) is 2.78. The van der Waals surface area contributed by atoms with Crippen LogP contribution in [0.3, 0.4) is 0 Å². The number of carbonyl (C=O) groups excluding carboxylic acids is 2. The fraction of sp³-hybridized carbons (Fsp3) is 0. The number of imide groups is 1. The molecule has 2 aromatic rings. The van der Waals surface area contributed by atoms with Gasteiger partial charge in [0.2, 0.25) is 0 Å². The summed E-state index contributed by atoms with van der Waals surface area (Å²) in [6, 6.07) is 15.6. The van der Waals surface area contributed by atoms with E-state index in [4.69, 9.17) is 11.6 Å². The molecule has 4 heteroatoms. The van der Waals surface area contributed by atoms with Gasteiger partial charge in [0.15, 0.2) is 0 Å². The summed E-state index contributed by atoms with van der Waals surface area (Å²) in [6.45, 7) is 0. The highest BCUT2D eigenvalue weighted by Gasteiger charge is 2.06. The van der Waals surface area contributed by atoms with Gasteiger partial charge in [-0.05, 0) is 35.9 Å². The molecule has 20 heavy (non-hydrogen) atoms. The second-order valence-corrected chi connectivity index (χ2v) is 4.51. The molecule has 0 saturated heterocycles. The van der Waals surface area contributed by atoms with Gasteiger partial charge in [-0.3, -0.25) is 14.9 Å². The topological polar surface area (TPSA) is 46.2 Å². The summed E-state index contributed by atoms with van der Waals surface area (Å²) >= 11 is 5.84. The predicted octanol–water partition coefficient (Wildman–Crippen LogP) is 3.31. The lowest BCUT2D eigenvalue weighted by atomic mass is 10.2. The number of hydrogen-bond acceptors (Lipinski definition) is 2. The van der Waals surface area contributed by atoms with Gasteiger partial charge < -0.3 is 0 Å². The van der Waals surface area contributed by atoms with Crippen LogP contribution in [0.1, 0.15) is 15.9 Å². The minimum Gasteiger partial charge on any atom is -0.289 e. The summed E-state index contributed by atoms with van der Waals surface area (Å²) in [5.41, 5.74) is 1.23. The largest absolute Gasteiger partial charge is 0.289 e. The lowest BCUT2D eigenvalue weighted by molar-refractivity contribution is -0.115. The maximum Gasteiger partial charge on any atom is 0.258 e. The SMILES string of the molecule is O=C(/C=C/c1cccc(Cl)c1)NC(=O)c1ccccc1. The van der Waals surface area contributed by atoms with E-state index in [-0.39, 0.29) is 0 Å². The summed E-state index contributed by atoms with van der Waals surface area (Å²) in [6.07, 6.45) is 2.89. The third-order valence-electron chi connectivity index (χ3n) is 2.55. The number of benzene rings is 2. The molecule has 0 unspecified atom stereocenters. The van der Waals surface area contributed by atoms with Crippen molar-refractivity contribution in [3.63, 3.8) is 0 Å². The molecular weight excluding hydrogens is 274 g/mol. The van der Waals surface area contributed by atoms with E-state index < -0.39 is 11.8 Å². The minimum atomic E-state index is -0.473. The molecule has 3 nitrogen and oxygen atoms in total. The highest BCUT2D eigenvalue weighted by atomic mass is 35.5. The molecule has 0 bridgehead atoms. The van der Waals surface area contributed by atoms with Gasteiger partial charge in [0.05, 0.1) is 0 Å². The van der Waals surface area contributed by atoms with E-state index in [0.29, 0.717) is 10.6 Å². The Kier molecular flexibility index (Phi) is 4.69. The van der Waals surface area contributed by atoms with Crippen molar-refractivity contribution in [2.45, 2.75) is 0 Å². The van der Waals surface area contributed by atoms with Gasteiger partial charge in [0.1, 0.15) is 0 Å². The van der Waals surface area contributed by atoms with Crippen LogP contribution in [-0.4, -0.2) is 11.8 Å². The van der Waals surface area contributed by atoms with Crippen LogP contribution < -0.4 is 5.32 Å². The van der Waals surface area contributed by atoms with E-state index in [1.54, 1.807) is 54.6 Å². The molecule has 0 aliphatic carbocycles. The average molecular weight is 286 g/mol. The van der Waals surface area contributed by atoms with Gasteiger partial charge in [-0.25, -0.2) is 0 Å². The first-order valence-corrected chi connectivity index (χ1v) is 6.37. The van der Waals surface area contributed by atoms with Crippen molar-refractivity contribution in [3.8, 4) is 0 Å². The van der Waals surface area contributed by atoms with E-state index in [2.05, 4.69) is 5.32 Å². The fourth-order valence-corrected chi connectivity index (χ4v) is 1.80. The Morgan fingerprint density at radius 3 is 2.45 bits per heavy atom. The highest BCUT2D eigenvalue weighted by Crippen LogP contribution is 2.11. The average Bonchev–Trinajstić information content (AvgIpc) is 2.46. The first-order chi connectivity index (χ1) is 9.65. The van der Waals surface area contributed by atoms with Crippen LogP contribution >= 0.6 is 11.6 Å². The predicted molar refractivity (Wildman–Crippen MR) is 79.4 cm³/mol. The van der Waals surface area contributed by atoms with Gasteiger partial charge in [0.25, 0.3) is 11.8 Å². The van der Waals surface area contributed by atoms with Crippen molar-refractivity contribution in [1.29, 1.82) is 0 Å². The van der Waals surface area contributed by atoms with E-state index in [9.17, 15) is 9.59 Å². The molecule has 2 aromatic carbocycles. The molecule has 0 radical (unpaired) electrons. The summed E-state index contributed by atoms with van der Waals surface area (Å²) in [5, 5.41) is 2.87. The molecule has 0 aliphatic rings. The zero-order valence-corrected chi connectivity index (χ0v) is 11.3. The Bertz CT molecular complexity index is 651. The van der Waals surface area contributed by atoms with E-state index >= 15 is 0 Å². The highest BCUT2D eigenvalue weighted by molar-refractivity contribution is 6.30. The number of amides is 2. The molecule has 0 aromatic heterocycles. The molecule has 0 aliphatic heterocycles. The Labute approximate surface area is 121 Å². The molecule has 0 atom stereocenters.